The lowest BCUT2D eigenvalue weighted by Gasteiger charge is -2.07. The third-order valence-corrected chi connectivity index (χ3v) is 2.72. The second-order valence-electron chi connectivity index (χ2n) is 4.14. The van der Waals surface area contributed by atoms with Crippen LogP contribution in [0.4, 0.5) is 11.4 Å². The van der Waals surface area contributed by atoms with E-state index in [2.05, 4.69) is 15.7 Å². The van der Waals surface area contributed by atoms with Gasteiger partial charge in [-0.25, -0.2) is 0 Å². The average molecular weight is 244 g/mol. The minimum Gasteiger partial charge on any atom is -0.388 e. The SMILES string of the molecule is CNc1ccc(C(=O)Nc2cnn(C)c2)cc1C. The summed E-state index contributed by atoms with van der Waals surface area (Å²) in [5.41, 5.74) is 3.39. The minimum atomic E-state index is -0.131. The van der Waals surface area contributed by atoms with Gasteiger partial charge in [0.2, 0.25) is 0 Å². The van der Waals surface area contributed by atoms with Gasteiger partial charge in [-0.15, -0.1) is 0 Å². The van der Waals surface area contributed by atoms with Crippen molar-refractivity contribution in [2.45, 2.75) is 6.92 Å². The van der Waals surface area contributed by atoms with Gasteiger partial charge in [0.25, 0.3) is 5.91 Å². The lowest BCUT2D eigenvalue weighted by Crippen LogP contribution is -2.11. The molecule has 0 radical (unpaired) electrons. The second-order valence-corrected chi connectivity index (χ2v) is 4.14. The molecule has 5 heteroatoms. The lowest BCUT2D eigenvalue weighted by molar-refractivity contribution is 0.102. The fraction of sp³-hybridized carbons (Fsp3) is 0.231. The minimum absolute atomic E-state index is 0.131. The summed E-state index contributed by atoms with van der Waals surface area (Å²) in [4.78, 5) is 12.0. The molecule has 2 rings (SSSR count). The summed E-state index contributed by atoms with van der Waals surface area (Å²) in [5, 5.41) is 9.87. The highest BCUT2D eigenvalue weighted by molar-refractivity contribution is 6.04. The molecule has 0 aliphatic rings. The van der Waals surface area contributed by atoms with Gasteiger partial charge in [-0.05, 0) is 30.7 Å². The summed E-state index contributed by atoms with van der Waals surface area (Å²) in [6.07, 6.45) is 3.37. The fourth-order valence-electron chi connectivity index (χ4n) is 1.77. The van der Waals surface area contributed by atoms with Crippen molar-refractivity contribution in [1.82, 2.24) is 9.78 Å². The van der Waals surface area contributed by atoms with Crippen LogP contribution < -0.4 is 10.6 Å². The van der Waals surface area contributed by atoms with E-state index >= 15 is 0 Å². The van der Waals surface area contributed by atoms with E-state index in [-0.39, 0.29) is 5.91 Å². The number of benzene rings is 1. The van der Waals surface area contributed by atoms with Gasteiger partial charge in [-0.3, -0.25) is 9.48 Å². The molecular formula is C13H16N4O. The Hall–Kier alpha value is -2.30. The molecule has 0 aliphatic carbocycles. The van der Waals surface area contributed by atoms with Crippen LogP contribution in [-0.4, -0.2) is 22.7 Å². The predicted octanol–water partition coefficient (Wildman–Crippen LogP) is 2.02. The Labute approximate surface area is 106 Å². The maximum absolute atomic E-state index is 12.0. The Kier molecular flexibility index (Phi) is 3.32. The Morgan fingerprint density at radius 3 is 2.72 bits per heavy atom. The van der Waals surface area contributed by atoms with Crippen molar-refractivity contribution in [3.63, 3.8) is 0 Å². The molecule has 18 heavy (non-hydrogen) atoms. The van der Waals surface area contributed by atoms with E-state index in [1.807, 2.05) is 33.2 Å². The Morgan fingerprint density at radius 1 is 1.39 bits per heavy atom. The maximum atomic E-state index is 12.0. The highest BCUT2D eigenvalue weighted by Gasteiger charge is 2.08. The quantitative estimate of drug-likeness (QED) is 0.868. The third-order valence-electron chi connectivity index (χ3n) is 2.72. The van der Waals surface area contributed by atoms with E-state index in [1.54, 1.807) is 23.1 Å². The van der Waals surface area contributed by atoms with Crippen molar-refractivity contribution in [2.24, 2.45) is 7.05 Å². The van der Waals surface area contributed by atoms with E-state index in [1.165, 1.54) is 0 Å². The van der Waals surface area contributed by atoms with E-state index in [0.717, 1.165) is 11.3 Å². The molecule has 0 saturated heterocycles. The number of hydrogen-bond donors (Lipinski definition) is 2. The molecule has 5 nitrogen and oxygen atoms in total. The van der Waals surface area contributed by atoms with Crippen LogP contribution in [0.3, 0.4) is 0 Å². The molecule has 1 amide bonds. The van der Waals surface area contributed by atoms with Crippen LogP contribution in [0.1, 0.15) is 15.9 Å². The molecule has 0 unspecified atom stereocenters. The van der Waals surface area contributed by atoms with Gasteiger partial charge in [-0.2, -0.15) is 5.10 Å². The highest BCUT2D eigenvalue weighted by atomic mass is 16.1. The molecule has 1 aromatic heterocycles. The summed E-state index contributed by atoms with van der Waals surface area (Å²) in [5.74, 6) is -0.131. The molecule has 0 saturated carbocycles. The van der Waals surface area contributed by atoms with Gasteiger partial charge in [-0.1, -0.05) is 0 Å². The first-order chi connectivity index (χ1) is 8.60. The largest absolute Gasteiger partial charge is 0.388 e. The standard InChI is InChI=1S/C13H16N4O/c1-9-6-10(4-5-12(9)14-2)13(18)16-11-7-15-17(3)8-11/h4-8,14H,1-3H3,(H,16,18). The zero-order valence-corrected chi connectivity index (χ0v) is 10.7. The van der Waals surface area contributed by atoms with Crippen molar-refractivity contribution in [3.8, 4) is 0 Å². The molecule has 2 aromatic rings. The molecule has 94 valence electrons. The number of amides is 1. The summed E-state index contributed by atoms with van der Waals surface area (Å²) in [6.45, 7) is 1.96. The van der Waals surface area contributed by atoms with Crippen molar-refractivity contribution in [1.29, 1.82) is 0 Å². The Balaban J connectivity index is 2.16. The number of hydrogen-bond acceptors (Lipinski definition) is 3. The molecule has 0 bridgehead atoms. The van der Waals surface area contributed by atoms with Gasteiger partial charge < -0.3 is 10.6 Å². The predicted molar refractivity (Wildman–Crippen MR) is 71.9 cm³/mol. The topological polar surface area (TPSA) is 59.0 Å². The van der Waals surface area contributed by atoms with E-state index in [9.17, 15) is 4.79 Å². The molecule has 0 atom stereocenters. The zero-order chi connectivity index (χ0) is 13.1. The van der Waals surface area contributed by atoms with Gasteiger partial charge in [0, 0.05) is 31.5 Å². The van der Waals surface area contributed by atoms with Crippen molar-refractivity contribution in [2.75, 3.05) is 17.7 Å². The zero-order valence-electron chi connectivity index (χ0n) is 10.7. The van der Waals surface area contributed by atoms with Crippen LogP contribution in [0.5, 0.6) is 0 Å². The Bertz CT molecular complexity index is 574. The maximum Gasteiger partial charge on any atom is 0.255 e. The van der Waals surface area contributed by atoms with Crippen molar-refractivity contribution in [3.05, 3.63) is 41.7 Å². The third kappa shape index (κ3) is 2.51. The number of aryl methyl sites for hydroxylation is 2. The molecule has 2 N–H and O–H groups in total. The number of anilines is 2. The Morgan fingerprint density at radius 2 is 2.17 bits per heavy atom. The van der Waals surface area contributed by atoms with Crippen molar-refractivity contribution < 1.29 is 4.79 Å². The first-order valence-corrected chi connectivity index (χ1v) is 5.68. The number of rotatable bonds is 3. The van der Waals surface area contributed by atoms with Crippen LogP contribution in [0.15, 0.2) is 30.6 Å². The van der Waals surface area contributed by atoms with Gasteiger partial charge >= 0.3 is 0 Å². The summed E-state index contributed by atoms with van der Waals surface area (Å²) >= 11 is 0. The smallest absolute Gasteiger partial charge is 0.255 e. The fourth-order valence-corrected chi connectivity index (χ4v) is 1.77. The molecule has 0 fully saturated rings. The number of aromatic nitrogens is 2. The van der Waals surface area contributed by atoms with Crippen LogP contribution >= 0.6 is 0 Å². The van der Waals surface area contributed by atoms with E-state index in [0.29, 0.717) is 11.3 Å². The molecule has 0 spiro atoms. The van der Waals surface area contributed by atoms with Gasteiger partial charge in [0.05, 0.1) is 11.9 Å². The lowest BCUT2D eigenvalue weighted by atomic mass is 10.1. The number of carbonyl (C=O) groups excluding carboxylic acids is 1. The first-order valence-electron chi connectivity index (χ1n) is 5.68. The van der Waals surface area contributed by atoms with Crippen LogP contribution in [0, 0.1) is 6.92 Å². The number of nitrogens with one attached hydrogen (secondary N) is 2. The monoisotopic (exact) mass is 244 g/mol. The number of carbonyl (C=O) groups is 1. The normalized spacial score (nSPS) is 10.2. The average Bonchev–Trinajstić information content (AvgIpc) is 2.74. The number of nitrogens with zero attached hydrogens (tertiary/aromatic N) is 2. The molecular weight excluding hydrogens is 228 g/mol. The molecule has 1 heterocycles. The summed E-state index contributed by atoms with van der Waals surface area (Å²) in [7, 11) is 3.67. The highest BCUT2D eigenvalue weighted by Crippen LogP contribution is 2.16. The molecule has 0 aliphatic heterocycles. The van der Waals surface area contributed by atoms with Crippen molar-refractivity contribution >= 4 is 17.3 Å². The van der Waals surface area contributed by atoms with Crippen LogP contribution in [-0.2, 0) is 7.05 Å². The first kappa shape index (κ1) is 12.2. The molecule has 1 aromatic carbocycles. The summed E-state index contributed by atoms with van der Waals surface area (Å²) in [6, 6.07) is 5.55. The van der Waals surface area contributed by atoms with Crippen LogP contribution in [0.2, 0.25) is 0 Å². The summed E-state index contributed by atoms with van der Waals surface area (Å²) < 4.78 is 1.64. The van der Waals surface area contributed by atoms with Crippen LogP contribution in [0.25, 0.3) is 0 Å². The second kappa shape index (κ2) is 4.91. The van der Waals surface area contributed by atoms with E-state index < -0.39 is 0 Å². The van der Waals surface area contributed by atoms with E-state index in [4.69, 9.17) is 0 Å². The van der Waals surface area contributed by atoms with Gasteiger partial charge in [0.1, 0.15) is 0 Å². The van der Waals surface area contributed by atoms with Gasteiger partial charge in [0.15, 0.2) is 0 Å².